The first-order chi connectivity index (χ1) is 55.3. The molecule has 0 heterocycles. The maximum Gasteiger partial charge on any atom is 0.326 e. The fourth-order valence-electron chi connectivity index (χ4n) is 10.4. The second kappa shape index (κ2) is 51.9. The molecular formula is C73H103N9O28S8. The quantitative estimate of drug-likeness (QED) is 0.0123. The average Bonchev–Trinajstić information content (AvgIpc) is 0.866. The Labute approximate surface area is 689 Å². The Morgan fingerprint density at radius 1 is 0.322 bits per heavy atom. The summed E-state index contributed by atoms with van der Waals surface area (Å²) in [5, 5.41) is 27.0. The Kier molecular flexibility index (Phi) is 45.6. The average molecular weight is 1810 g/mol. The number of nitrogens with two attached hydrogens (primary N) is 4. The molecule has 6 rings (SSSR count). The number of aliphatic hydroxyl groups excluding tert-OH is 2. The lowest BCUT2D eigenvalue weighted by atomic mass is 10.0. The van der Waals surface area contributed by atoms with E-state index in [1.54, 1.807) is 190 Å². The second-order valence-corrected chi connectivity index (χ2v) is 41.0. The number of carbonyl (C=O) groups excluding carboxylic acids is 6. The minimum absolute atomic E-state index is 0.0487. The van der Waals surface area contributed by atoms with Gasteiger partial charge in [0.25, 0.3) is 5.91 Å². The number of amides is 1. The molecule has 37 nitrogen and oxygen atoms in total. The van der Waals surface area contributed by atoms with Crippen LogP contribution in [0, 0.1) is 0 Å². The largest absolute Gasteiger partial charge is 0.465 e. The third kappa shape index (κ3) is 46.8. The summed E-state index contributed by atoms with van der Waals surface area (Å²) in [5.74, 6) is -9.90. The van der Waals surface area contributed by atoms with E-state index in [0.29, 0.717) is 11.1 Å². The lowest BCUT2D eigenvalue weighted by Gasteiger charge is -2.19. The molecule has 0 saturated carbocycles. The van der Waals surface area contributed by atoms with Gasteiger partial charge in [-0.2, -0.15) is 0 Å². The van der Waals surface area contributed by atoms with E-state index in [0.717, 1.165) is 22.3 Å². The molecule has 45 heteroatoms. The van der Waals surface area contributed by atoms with Crippen molar-refractivity contribution in [2.24, 2.45) is 21.7 Å². The van der Waals surface area contributed by atoms with Gasteiger partial charge in [0, 0.05) is 0 Å². The maximum absolute atomic E-state index is 12.7. The number of esters is 4. The highest BCUT2D eigenvalue weighted by atomic mass is 32.2. The number of sulfone groups is 1. The minimum Gasteiger partial charge on any atom is -0.465 e. The van der Waals surface area contributed by atoms with Crippen molar-refractivity contribution in [3.8, 4) is 0 Å². The van der Waals surface area contributed by atoms with Crippen LogP contribution in [0.2, 0.25) is 0 Å². The number of benzene rings is 6. The smallest absolute Gasteiger partial charge is 0.326 e. The summed E-state index contributed by atoms with van der Waals surface area (Å²) in [4.78, 5) is 73.3. The van der Waals surface area contributed by atoms with Crippen LogP contribution in [0.25, 0.3) is 0 Å². The number of ether oxygens (including phenoxy) is 4. The van der Waals surface area contributed by atoms with Crippen LogP contribution < -0.4 is 45.4 Å². The number of nitrogens with one attached hydrogen (secondary N) is 5. The van der Waals surface area contributed by atoms with Gasteiger partial charge < -0.3 is 40.6 Å². The number of primary sulfonamides is 2. The Morgan fingerprint density at radius 2 is 0.551 bits per heavy atom. The molecule has 118 heavy (non-hydrogen) atoms. The SMILES string of the molecule is CCOC(=O)[C@H](Cc1ccccc1)NS(=O)(=O)CCCS(=O)(=O)N[C@@H](Cc1ccccc1)C(=O)OCC.NS(=O)(=O)CCCS(N)(=O)=O.N[C@@H](Cc1ccccc1)C(=O)CS(=O)(=O)CCCS(=O)(=O)NC(=O)[C@@H](N)Cc1ccccc1.O=C(OCO)[C@H](Cc1ccccc1)NS(=O)(=O)CCCS(=O)(=O)N[C@@H](Cc1ccccc1)C(=O)OCO. The number of sulfonamides is 7. The molecule has 0 saturated heterocycles. The molecular weight excluding hydrogens is 1710 g/mol. The van der Waals surface area contributed by atoms with Gasteiger partial charge in [-0.1, -0.05) is 182 Å². The highest BCUT2D eigenvalue weighted by Gasteiger charge is 2.32. The van der Waals surface area contributed by atoms with Crippen molar-refractivity contribution in [1.29, 1.82) is 0 Å². The monoisotopic (exact) mass is 1810 g/mol. The zero-order chi connectivity index (χ0) is 88.2. The van der Waals surface area contributed by atoms with E-state index < -0.39 is 206 Å². The zero-order valence-electron chi connectivity index (χ0n) is 64.6. The molecule has 656 valence electrons. The summed E-state index contributed by atoms with van der Waals surface area (Å²) in [7, 11) is -31.4. The van der Waals surface area contributed by atoms with Crippen LogP contribution in [0.4, 0.5) is 0 Å². The number of carbonyl (C=O) groups is 6. The number of rotatable bonds is 49. The van der Waals surface area contributed by atoms with Crippen molar-refractivity contribution in [2.45, 2.75) is 114 Å². The van der Waals surface area contributed by atoms with Crippen LogP contribution in [-0.2, 0) is 166 Å². The number of Topliss-reactive ketones (excluding diaryl/α,β-unsaturated/α-hetero) is 1. The number of hydrogen-bond acceptors (Lipinski definition) is 30. The van der Waals surface area contributed by atoms with Gasteiger partial charge in [0.2, 0.25) is 70.2 Å². The molecule has 1 amide bonds. The molecule has 0 unspecified atom stereocenters. The van der Waals surface area contributed by atoms with Gasteiger partial charge in [-0.3, -0.25) is 33.5 Å². The minimum atomic E-state index is -4.14. The van der Waals surface area contributed by atoms with Crippen LogP contribution in [0.3, 0.4) is 0 Å². The van der Waals surface area contributed by atoms with Crippen molar-refractivity contribution < 1.29 is 125 Å². The fourth-order valence-corrected chi connectivity index (χ4v) is 19.7. The maximum atomic E-state index is 12.7. The molecule has 0 aliphatic carbocycles. The molecule has 0 aliphatic heterocycles. The van der Waals surface area contributed by atoms with E-state index in [1.165, 1.54) is 0 Å². The van der Waals surface area contributed by atoms with Gasteiger partial charge >= 0.3 is 23.9 Å². The summed E-state index contributed by atoms with van der Waals surface area (Å²) in [6.45, 7) is 1.54. The predicted molar refractivity (Wildman–Crippen MR) is 439 cm³/mol. The van der Waals surface area contributed by atoms with E-state index in [4.69, 9.17) is 31.2 Å². The third-order valence-electron chi connectivity index (χ3n) is 15.9. The Hall–Kier alpha value is -8.46. The molecule has 0 aliphatic rings. The summed E-state index contributed by atoms with van der Waals surface area (Å²) in [6.07, 6.45) is -0.519. The number of ketones is 1. The van der Waals surface area contributed by atoms with Crippen molar-refractivity contribution in [3.63, 3.8) is 0 Å². The van der Waals surface area contributed by atoms with E-state index >= 15 is 0 Å². The van der Waals surface area contributed by atoms with Crippen LogP contribution in [0.1, 0.15) is 72.9 Å². The molecule has 0 spiro atoms. The zero-order valence-corrected chi connectivity index (χ0v) is 71.2. The molecule has 6 aromatic rings. The normalized spacial score (nSPS) is 13.5. The first-order valence-corrected chi connectivity index (χ1v) is 49.7. The summed E-state index contributed by atoms with van der Waals surface area (Å²) in [6, 6.07) is 45.6. The molecule has 0 radical (unpaired) electrons. The number of aliphatic hydroxyl groups is 2. The topological polar surface area (TPSA) is 617 Å². The summed E-state index contributed by atoms with van der Waals surface area (Å²) < 4.78 is 221. The Morgan fingerprint density at radius 3 is 0.805 bits per heavy atom. The van der Waals surface area contributed by atoms with Gasteiger partial charge in [-0.15, -0.1) is 0 Å². The first kappa shape index (κ1) is 104. The van der Waals surface area contributed by atoms with Gasteiger partial charge in [0.15, 0.2) is 29.2 Å². The van der Waals surface area contributed by atoms with Crippen LogP contribution >= 0.6 is 0 Å². The second-order valence-electron chi connectivity index (χ2n) is 26.0. The van der Waals surface area contributed by atoms with Gasteiger partial charge in [0.05, 0.1) is 71.3 Å². The number of hydrogen-bond donors (Lipinski definition) is 11. The highest BCUT2D eigenvalue weighted by molar-refractivity contribution is 7.92. The van der Waals surface area contributed by atoms with E-state index in [-0.39, 0.29) is 88.9 Å². The van der Waals surface area contributed by atoms with Crippen molar-refractivity contribution in [2.75, 3.05) is 78.6 Å². The molecule has 6 atom stereocenters. The van der Waals surface area contributed by atoms with Crippen molar-refractivity contribution in [1.82, 2.24) is 23.6 Å². The van der Waals surface area contributed by atoms with Crippen LogP contribution in [-0.4, -0.2) is 228 Å². The molecule has 15 N–H and O–H groups in total. The Bertz CT molecular complexity index is 4560. The summed E-state index contributed by atoms with van der Waals surface area (Å²) >= 11 is 0. The van der Waals surface area contributed by atoms with Crippen LogP contribution in [0.5, 0.6) is 0 Å². The standard InChI is InChI=1S/C25H34N2O8S2.C23H30N2O10S2.C22H29N3O6S2.C3H10N2O4S2/c1-3-34-24(28)22(18-20-12-7-5-8-13-20)26-36(30,31)16-11-17-37(32,33)27-23(25(29)35-4-2)19-21-14-9-6-10-15-21;26-16-34-22(28)20(14-18-8-3-1-4-9-18)24-36(30,31)12-7-13-37(32,33)25-21(23(29)35-17-27)15-19-10-5-2-6-11-19;23-19(14-17-8-3-1-4-9-17)21(26)16-32(28,29)12-7-13-33(30,31)25-22(27)20(24)15-18-10-5-2-6-11-18;4-10(6,7)2-1-3-11(5,8)9/h5-10,12-15,22-23,26-27H,3-4,11,16-19H2,1-2H3;1-6,8-11,20-21,24-27H,7,12-17H2;1-6,8-11,19-20H,7,12-16,23-24H2,(H,25,27);1-3H2,(H2,4,6,7)(H2,5,8,9)/t22-,23-;20-,21-;19-,20-;/m000./s1. The van der Waals surface area contributed by atoms with Crippen molar-refractivity contribution >= 4 is 116 Å². The molecule has 0 fully saturated rings. The first-order valence-electron chi connectivity index (χ1n) is 36.2. The molecule has 6 aromatic carbocycles. The highest BCUT2D eigenvalue weighted by Crippen LogP contribution is 2.14. The Balaban J connectivity index is 0.000000430. The van der Waals surface area contributed by atoms with E-state index in [9.17, 15) is 96.1 Å². The lowest BCUT2D eigenvalue weighted by Crippen LogP contribution is -2.45. The summed E-state index contributed by atoms with van der Waals surface area (Å²) in [5.41, 5.74) is 15.9. The third-order valence-corrected chi connectivity index (χ3v) is 26.5. The van der Waals surface area contributed by atoms with Gasteiger partial charge in [0.1, 0.15) is 29.9 Å². The lowest BCUT2D eigenvalue weighted by molar-refractivity contribution is -0.154. The predicted octanol–water partition coefficient (Wildman–Crippen LogP) is -1.11. The molecule has 0 bridgehead atoms. The van der Waals surface area contributed by atoms with Crippen LogP contribution in [0.15, 0.2) is 182 Å². The molecule has 0 aromatic heterocycles. The van der Waals surface area contributed by atoms with Gasteiger partial charge in [-0.05, 0) is 111 Å². The van der Waals surface area contributed by atoms with Gasteiger partial charge in [-0.25, -0.2) is 96.5 Å². The van der Waals surface area contributed by atoms with E-state index in [2.05, 4.69) is 38.6 Å². The fraction of sp³-hybridized carbons (Fsp3) is 0.425. The van der Waals surface area contributed by atoms with Crippen molar-refractivity contribution in [3.05, 3.63) is 215 Å². The van der Waals surface area contributed by atoms with E-state index in [1.807, 2.05) is 10.8 Å².